The molecule has 0 aromatic heterocycles. The van der Waals surface area contributed by atoms with E-state index in [-0.39, 0.29) is 5.82 Å². The predicted octanol–water partition coefficient (Wildman–Crippen LogP) is 3.86. The summed E-state index contributed by atoms with van der Waals surface area (Å²) in [5.74, 6) is -0.246. The first-order valence-corrected chi connectivity index (χ1v) is 5.06. The summed E-state index contributed by atoms with van der Waals surface area (Å²) in [5.41, 5.74) is 3.31. The van der Waals surface area contributed by atoms with E-state index in [1.165, 1.54) is 17.7 Å². The van der Waals surface area contributed by atoms with E-state index in [4.69, 9.17) is 0 Å². The number of aryl methyl sites for hydroxylation is 1. The fourth-order valence-corrected chi connectivity index (χ4v) is 1.51. The minimum atomic E-state index is -0.246. The van der Waals surface area contributed by atoms with Gasteiger partial charge < -0.3 is 0 Å². The van der Waals surface area contributed by atoms with Gasteiger partial charge in [0.25, 0.3) is 0 Å². The van der Waals surface area contributed by atoms with E-state index in [0.29, 0.717) is 0 Å². The molecular formula is C14H12F. The Labute approximate surface area is 89.4 Å². The van der Waals surface area contributed by atoms with Crippen molar-refractivity contribution < 1.29 is 4.39 Å². The van der Waals surface area contributed by atoms with Crippen molar-refractivity contribution in [3.63, 3.8) is 0 Å². The van der Waals surface area contributed by atoms with Crippen LogP contribution in [-0.4, -0.2) is 0 Å². The van der Waals surface area contributed by atoms with Crippen LogP contribution in [0.5, 0.6) is 0 Å². The van der Waals surface area contributed by atoms with Gasteiger partial charge in [0.15, 0.2) is 0 Å². The molecule has 0 bridgehead atoms. The van der Waals surface area contributed by atoms with E-state index < -0.39 is 0 Å². The Balaban J connectivity index is 2.33. The molecule has 0 unspecified atom stereocenters. The Morgan fingerprint density at radius 1 is 1.07 bits per heavy atom. The normalized spacial score (nSPS) is 10.3. The van der Waals surface area contributed by atoms with E-state index in [1.807, 2.05) is 12.1 Å². The van der Waals surface area contributed by atoms with Crippen molar-refractivity contribution in [1.82, 2.24) is 0 Å². The lowest BCUT2D eigenvalue weighted by Crippen LogP contribution is -1.82. The molecule has 0 saturated carbocycles. The van der Waals surface area contributed by atoms with Crippen molar-refractivity contribution in [3.05, 3.63) is 59.9 Å². The number of halogens is 1. The molecular weight excluding hydrogens is 187 g/mol. The van der Waals surface area contributed by atoms with Crippen molar-refractivity contribution in [1.29, 1.82) is 0 Å². The van der Waals surface area contributed by atoms with Crippen LogP contribution in [0.4, 0.5) is 4.39 Å². The first-order valence-electron chi connectivity index (χ1n) is 5.06. The van der Waals surface area contributed by atoms with Crippen molar-refractivity contribution >= 4 is 0 Å². The monoisotopic (exact) mass is 199 g/mol. The van der Waals surface area contributed by atoms with Gasteiger partial charge >= 0.3 is 0 Å². The van der Waals surface area contributed by atoms with Gasteiger partial charge in [-0.25, -0.2) is 4.39 Å². The number of benzene rings is 2. The average Bonchev–Trinajstić information content (AvgIpc) is 2.30. The predicted molar refractivity (Wildman–Crippen MR) is 60.1 cm³/mol. The molecule has 0 nitrogen and oxygen atoms in total. The maximum Gasteiger partial charge on any atom is 0.123 e. The SMILES string of the molecule is CCc1ccc(-c2[c]cc(F)cc2)cc1. The van der Waals surface area contributed by atoms with Crippen molar-refractivity contribution in [3.8, 4) is 11.1 Å². The summed E-state index contributed by atoms with van der Waals surface area (Å²) >= 11 is 0. The van der Waals surface area contributed by atoms with Crippen molar-refractivity contribution in [2.45, 2.75) is 13.3 Å². The second kappa shape index (κ2) is 4.26. The smallest absolute Gasteiger partial charge is 0.123 e. The van der Waals surface area contributed by atoms with Crippen LogP contribution in [0.2, 0.25) is 0 Å². The van der Waals surface area contributed by atoms with Gasteiger partial charge in [0, 0.05) is 0 Å². The zero-order valence-corrected chi connectivity index (χ0v) is 8.63. The van der Waals surface area contributed by atoms with Gasteiger partial charge in [-0.05, 0) is 41.3 Å². The molecule has 0 saturated heterocycles. The molecule has 0 heterocycles. The first-order chi connectivity index (χ1) is 7.29. The minimum absolute atomic E-state index is 0.246. The third kappa shape index (κ3) is 2.24. The summed E-state index contributed by atoms with van der Waals surface area (Å²) in [6.45, 7) is 2.12. The van der Waals surface area contributed by atoms with Gasteiger partial charge in [0.05, 0.1) is 0 Å². The third-order valence-electron chi connectivity index (χ3n) is 2.45. The number of rotatable bonds is 2. The third-order valence-corrected chi connectivity index (χ3v) is 2.45. The van der Waals surface area contributed by atoms with Crippen LogP contribution < -0.4 is 0 Å². The van der Waals surface area contributed by atoms with E-state index in [2.05, 4.69) is 25.1 Å². The van der Waals surface area contributed by atoms with Gasteiger partial charge in [-0.2, -0.15) is 0 Å². The lowest BCUT2D eigenvalue weighted by atomic mass is 10.0. The maximum atomic E-state index is 12.7. The Kier molecular flexibility index (Phi) is 2.82. The maximum absolute atomic E-state index is 12.7. The van der Waals surface area contributed by atoms with Crippen LogP contribution in [0, 0.1) is 11.9 Å². The molecule has 15 heavy (non-hydrogen) atoms. The van der Waals surface area contributed by atoms with Crippen LogP contribution in [0.25, 0.3) is 11.1 Å². The van der Waals surface area contributed by atoms with Crippen LogP contribution >= 0.6 is 0 Å². The molecule has 2 rings (SSSR count). The molecule has 1 heteroatoms. The second-order valence-electron chi connectivity index (χ2n) is 3.47. The molecule has 0 fully saturated rings. The number of hydrogen-bond acceptors (Lipinski definition) is 0. The second-order valence-corrected chi connectivity index (χ2v) is 3.47. The molecule has 2 aromatic rings. The molecule has 0 aliphatic rings. The Hall–Kier alpha value is -1.63. The minimum Gasteiger partial charge on any atom is -0.207 e. The molecule has 1 radical (unpaired) electrons. The molecule has 0 amide bonds. The van der Waals surface area contributed by atoms with Crippen molar-refractivity contribution in [2.24, 2.45) is 0 Å². The largest absolute Gasteiger partial charge is 0.207 e. The first kappa shape index (κ1) is 9.91. The fourth-order valence-electron chi connectivity index (χ4n) is 1.51. The van der Waals surface area contributed by atoms with Crippen LogP contribution in [-0.2, 0) is 6.42 Å². The summed E-state index contributed by atoms with van der Waals surface area (Å²) in [6, 6.07) is 15.8. The van der Waals surface area contributed by atoms with E-state index >= 15 is 0 Å². The average molecular weight is 199 g/mol. The molecule has 0 spiro atoms. The highest BCUT2D eigenvalue weighted by atomic mass is 19.1. The highest BCUT2D eigenvalue weighted by molar-refractivity contribution is 5.62. The Bertz CT molecular complexity index is 426. The summed E-state index contributed by atoms with van der Waals surface area (Å²) in [7, 11) is 0. The van der Waals surface area contributed by atoms with Gasteiger partial charge in [0.2, 0.25) is 0 Å². The molecule has 0 N–H and O–H groups in total. The highest BCUT2D eigenvalue weighted by Crippen LogP contribution is 2.19. The Morgan fingerprint density at radius 2 is 1.80 bits per heavy atom. The molecule has 0 aliphatic heterocycles. The number of hydrogen-bond donors (Lipinski definition) is 0. The standard InChI is InChI=1S/C14H12F/c1-2-11-3-5-12(6-4-11)13-7-9-14(15)10-8-13/h3-7,9-10H,2H2,1H3. The van der Waals surface area contributed by atoms with Gasteiger partial charge in [0.1, 0.15) is 5.82 Å². The summed E-state index contributed by atoms with van der Waals surface area (Å²) < 4.78 is 12.7. The molecule has 2 aromatic carbocycles. The van der Waals surface area contributed by atoms with E-state index in [9.17, 15) is 4.39 Å². The summed E-state index contributed by atoms with van der Waals surface area (Å²) in [6.07, 6.45) is 1.04. The quantitative estimate of drug-likeness (QED) is 0.689. The van der Waals surface area contributed by atoms with Crippen molar-refractivity contribution in [2.75, 3.05) is 0 Å². The highest BCUT2D eigenvalue weighted by Gasteiger charge is 1.98. The van der Waals surface area contributed by atoms with Gasteiger partial charge in [-0.1, -0.05) is 37.3 Å². The lowest BCUT2D eigenvalue weighted by Gasteiger charge is -2.02. The van der Waals surface area contributed by atoms with Gasteiger partial charge in [-0.15, -0.1) is 0 Å². The fraction of sp³-hybridized carbons (Fsp3) is 0.143. The lowest BCUT2D eigenvalue weighted by molar-refractivity contribution is 0.628. The van der Waals surface area contributed by atoms with Gasteiger partial charge in [-0.3, -0.25) is 0 Å². The topological polar surface area (TPSA) is 0 Å². The zero-order valence-electron chi connectivity index (χ0n) is 8.63. The summed E-state index contributed by atoms with van der Waals surface area (Å²) in [5, 5.41) is 0. The molecule has 75 valence electrons. The summed E-state index contributed by atoms with van der Waals surface area (Å²) in [4.78, 5) is 0. The van der Waals surface area contributed by atoms with Crippen LogP contribution in [0.3, 0.4) is 0 Å². The zero-order chi connectivity index (χ0) is 10.7. The molecule has 0 aliphatic carbocycles. The molecule has 0 atom stereocenters. The van der Waals surface area contributed by atoms with Crippen LogP contribution in [0.1, 0.15) is 12.5 Å². The van der Waals surface area contributed by atoms with E-state index in [1.54, 1.807) is 6.07 Å². The Morgan fingerprint density at radius 3 is 2.33 bits per heavy atom. The van der Waals surface area contributed by atoms with E-state index in [0.717, 1.165) is 17.5 Å². The van der Waals surface area contributed by atoms with Crippen LogP contribution in [0.15, 0.2) is 42.5 Å².